The molecule has 0 atom stereocenters. The van der Waals surface area contributed by atoms with Gasteiger partial charge in [-0.2, -0.15) is 5.26 Å². The van der Waals surface area contributed by atoms with Gasteiger partial charge >= 0.3 is 0 Å². The van der Waals surface area contributed by atoms with Crippen LogP contribution in [-0.4, -0.2) is 42.4 Å². The molecular formula is C19H26N4O2. The number of anilines is 1. The predicted molar refractivity (Wildman–Crippen MR) is 97.0 cm³/mol. The minimum atomic E-state index is -0.723. The highest BCUT2D eigenvalue weighted by Crippen LogP contribution is 2.28. The lowest BCUT2D eigenvalue weighted by atomic mass is 10.00. The van der Waals surface area contributed by atoms with E-state index in [-0.39, 0.29) is 24.9 Å². The highest BCUT2D eigenvalue weighted by molar-refractivity contribution is 5.93. The first-order chi connectivity index (χ1) is 11.8. The van der Waals surface area contributed by atoms with Gasteiger partial charge in [0.2, 0.25) is 11.8 Å². The highest BCUT2D eigenvalue weighted by Gasteiger charge is 2.35. The minimum absolute atomic E-state index is 0.0870. The number of carbonyl (C=O) groups is 2. The van der Waals surface area contributed by atoms with E-state index in [9.17, 15) is 14.9 Å². The third kappa shape index (κ3) is 5.30. The maximum Gasteiger partial charge on any atom is 0.238 e. The van der Waals surface area contributed by atoms with Gasteiger partial charge in [-0.15, -0.1) is 0 Å². The molecule has 2 N–H and O–H groups in total. The Morgan fingerprint density at radius 2 is 1.84 bits per heavy atom. The summed E-state index contributed by atoms with van der Waals surface area (Å²) < 4.78 is 0. The van der Waals surface area contributed by atoms with Gasteiger partial charge in [0.25, 0.3) is 0 Å². The van der Waals surface area contributed by atoms with Crippen molar-refractivity contribution >= 4 is 17.5 Å². The van der Waals surface area contributed by atoms with E-state index >= 15 is 0 Å². The van der Waals surface area contributed by atoms with Gasteiger partial charge in [-0.3, -0.25) is 14.5 Å². The van der Waals surface area contributed by atoms with Gasteiger partial charge in [0.05, 0.1) is 19.2 Å². The number of nitriles is 1. The topological polar surface area (TPSA) is 85.2 Å². The molecule has 25 heavy (non-hydrogen) atoms. The SMILES string of the molecule is Cc1ccc(C)c(NC(=O)CN(C)CC(=O)NC2(C#N)CCCC2)c1. The van der Waals surface area contributed by atoms with Crippen molar-refractivity contribution in [2.24, 2.45) is 0 Å². The number of aryl methyl sites for hydroxylation is 2. The van der Waals surface area contributed by atoms with E-state index < -0.39 is 5.54 Å². The summed E-state index contributed by atoms with van der Waals surface area (Å²) in [5.41, 5.74) is 2.14. The Bertz CT molecular complexity index is 687. The molecule has 0 heterocycles. The zero-order chi connectivity index (χ0) is 18.4. The monoisotopic (exact) mass is 342 g/mol. The number of nitrogens with zero attached hydrogens (tertiary/aromatic N) is 2. The molecule has 0 aliphatic heterocycles. The molecule has 0 bridgehead atoms. The lowest BCUT2D eigenvalue weighted by molar-refractivity contribution is -0.124. The predicted octanol–water partition coefficient (Wildman–Crippen LogP) is 2.13. The summed E-state index contributed by atoms with van der Waals surface area (Å²) >= 11 is 0. The molecule has 2 amide bonds. The number of likely N-dealkylation sites (N-methyl/N-ethyl adjacent to an activating group) is 1. The van der Waals surface area contributed by atoms with Crippen LogP contribution in [0.15, 0.2) is 18.2 Å². The number of hydrogen-bond acceptors (Lipinski definition) is 4. The zero-order valence-electron chi connectivity index (χ0n) is 15.2. The molecule has 6 heteroatoms. The van der Waals surface area contributed by atoms with Gasteiger partial charge in [-0.1, -0.05) is 12.1 Å². The number of benzene rings is 1. The quantitative estimate of drug-likeness (QED) is 0.829. The molecule has 1 saturated carbocycles. The molecule has 0 saturated heterocycles. The van der Waals surface area contributed by atoms with Crippen molar-refractivity contribution in [3.8, 4) is 6.07 Å². The van der Waals surface area contributed by atoms with E-state index in [1.54, 1.807) is 11.9 Å². The van der Waals surface area contributed by atoms with Crippen molar-refractivity contribution in [1.29, 1.82) is 5.26 Å². The number of carbonyl (C=O) groups excluding carboxylic acids is 2. The smallest absolute Gasteiger partial charge is 0.238 e. The van der Waals surface area contributed by atoms with Gasteiger partial charge < -0.3 is 10.6 Å². The van der Waals surface area contributed by atoms with Gasteiger partial charge in [0, 0.05) is 5.69 Å². The fraction of sp³-hybridized carbons (Fsp3) is 0.526. The summed E-state index contributed by atoms with van der Waals surface area (Å²) in [5, 5.41) is 15.0. The average Bonchev–Trinajstić information content (AvgIpc) is 2.99. The van der Waals surface area contributed by atoms with Crippen molar-refractivity contribution in [3.05, 3.63) is 29.3 Å². The maximum atomic E-state index is 12.2. The molecule has 1 aliphatic rings. The Morgan fingerprint density at radius 1 is 1.20 bits per heavy atom. The Hall–Kier alpha value is -2.39. The first kappa shape index (κ1) is 18.9. The molecule has 1 aromatic carbocycles. The lowest BCUT2D eigenvalue weighted by Gasteiger charge is -2.24. The lowest BCUT2D eigenvalue weighted by Crippen LogP contribution is -2.49. The fourth-order valence-corrected chi connectivity index (χ4v) is 3.16. The molecule has 0 spiro atoms. The molecule has 0 aromatic heterocycles. The molecular weight excluding hydrogens is 316 g/mol. The second kappa shape index (κ2) is 8.13. The van der Waals surface area contributed by atoms with E-state index in [1.807, 2.05) is 32.0 Å². The Balaban J connectivity index is 1.84. The minimum Gasteiger partial charge on any atom is -0.337 e. The average molecular weight is 342 g/mol. The molecule has 1 aliphatic carbocycles. The third-order valence-electron chi connectivity index (χ3n) is 4.54. The molecule has 2 rings (SSSR count). The van der Waals surface area contributed by atoms with E-state index in [2.05, 4.69) is 16.7 Å². The van der Waals surface area contributed by atoms with Crippen LogP contribution in [0.1, 0.15) is 36.8 Å². The molecule has 1 fully saturated rings. The Morgan fingerprint density at radius 3 is 2.48 bits per heavy atom. The third-order valence-corrected chi connectivity index (χ3v) is 4.54. The van der Waals surface area contributed by atoms with Crippen LogP contribution in [0.4, 0.5) is 5.69 Å². The summed E-state index contributed by atoms with van der Waals surface area (Å²) in [6.45, 7) is 4.11. The molecule has 134 valence electrons. The van der Waals surface area contributed by atoms with Crippen LogP contribution >= 0.6 is 0 Å². The first-order valence-corrected chi connectivity index (χ1v) is 8.61. The second-order valence-corrected chi connectivity index (χ2v) is 6.99. The van der Waals surface area contributed by atoms with E-state index in [0.717, 1.165) is 29.7 Å². The zero-order valence-corrected chi connectivity index (χ0v) is 15.2. The Kier molecular flexibility index (Phi) is 6.16. The number of hydrogen-bond donors (Lipinski definition) is 2. The van der Waals surface area contributed by atoms with Crippen LogP contribution in [0.5, 0.6) is 0 Å². The Labute approximate surface area is 149 Å². The van der Waals surface area contributed by atoms with Crippen molar-refractivity contribution in [1.82, 2.24) is 10.2 Å². The van der Waals surface area contributed by atoms with Crippen LogP contribution in [0.3, 0.4) is 0 Å². The summed E-state index contributed by atoms with van der Waals surface area (Å²) in [6, 6.07) is 8.12. The number of rotatable bonds is 6. The maximum absolute atomic E-state index is 12.2. The normalized spacial score (nSPS) is 15.6. The molecule has 0 radical (unpaired) electrons. The van der Waals surface area contributed by atoms with E-state index in [4.69, 9.17) is 0 Å². The van der Waals surface area contributed by atoms with Crippen molar-refractivity contribution in [3.63, 3.8) is 0 Å². The summed E-state index contributed by atoms with van der Waals surface area (Å²) in [7, 11) is 1.72. The van der Waals surface area contributed by atoms with Crippen molar-refractivity contribution < 1.29 is 9.59 Å². The second-order valence-electron chi connectivity index (χ2n) is 6.99. The van der Waals surface area contributed by atoms with Crippen molar-refractivity contribution in [2.45, 2.75) is 45.1 Å². The first-order valence-electron chi connectivity index (χ1n) is 8.61. The van der Waals surface area contributed by atoms with Gasteiger partial charge in [-0.25, -0.2) is 0 Å². The summed E-state index contributed by atoms with van der Waals surface area (Å²) in [6.07, 6.45) is 3.32. The van der Waals surface area contributed by atoms with Crippen LogP contribution in [0, 0.1) is 25.2 Å². The number of amides is 2. The van der Waals surface area contributed by atoms with E-state index in [0.29, 0.717) is 12.8 Å². The van der Waals surface area contributed by atoms with Crippen LogP contribution < -0.4 is 10.6 Å². The molecule has 0 unspecified atom stereocenters. The molecule has 1 aromatic rings. The van der Waals surface area contributed by atoms with E-state index in [1.165, 1.54) is 0 Å². The standard InChI is InChI=1S/C19H26N4O2/c1-14-6-7-15(2)16(10-14)21-17(24)11-23(3)12-18(25)22-19(13-20)8-4-5-9-19/h6-7,10H,4-5,8-9,11-12H2,1-3H3,(H,21,24)(H,22,25). The fourth-order valence-electron chi connectivity index (χ4n) is 3.16. The van der Waals surface area contributed by atoms with Gasteiger partial charge in [-0.05, 0) is 63.8 Å². The van der Waals surface area contributed by atoms with Crippen molar-refractivity contribution in [2.75, 3.05) is 25.5 Å². The van der Waals surface area contributed by atoms with Gasteiger partial charge in [0.1, 0.15) is 5.54 Å². The largest absolute Gasteiger partial charge is 0.337 e. The number of nitrogens with one attached hydrogen (secondary N) is 2. The van der Waals surface area contributed by atoms with Crippen LogP contribution in [0.25, 0.3) is 0 Å². The van der Waals surface area contributed by atoms with Crippen LogP contribution in [0.2, 0.25) is 0 Å². The van der Waals surface area contributed by atoms with Gasteiger partial charge in [0.15, 0.2) is 0 Å². The summed E-state index contributed by atoms with van der Waals surface area (Å²) in [5.74, 6) is -0.384. The highest BCUT2D eigenvalue weighted by atomic mass is 16.2. The molecule has 6 nitrogen and oxygen atoms in total. The van der Waals surface area contributed by atoms with Crippen LogP contribution in [-0.2, 0) is 9.59 Å². The summed E-state index contributed by atoms with van der Waals surface area (Å²) in [4.78, 5) is 26.0.